The van der Waals surface area contributed by atoms with Crippen LogP contribution in [0.2, 0.25) is 0 Å². The van der Waals surface area contributed by atoms with Gasteiger partial charge in [-0.25, -0.2) is 9.78 Å². The summed E-state index contributed by atoms with van der Waals surface area (Å²) in [4.78, 5) is 18.1. The number of nitrogens with zero attached hydrogens (tertiary/aromatic N) is 2. The molecule has 0 bridgehead atoms. The molecule has 1 aromatic heterocycles. The molecule has 1 aliphatic heterocycles. The van der Waals surface area contributed by atoms with Crippen molar-refractivity contribution in [1.29, 1.82) is 0 Å². The van der Waals surface area contributed by atoms with Crippen molar-refractivity contribution < 1.29 is 9.53 Å². The maximum absolute atomic E-state index is 11.3. The van der Waals surface area contributed by atoms with Crippen LogP contribution in [0.15, 0.2) is 54.7 Å². The van der Waals surface area contributed by atoms with Crippen LogP contribution in [0.25, 0.3) is 6.08 Å². The summed E-state index contributed by atoms with van der Waals surface area (Å²) >= 11 is 0. The topological polar surface area (TPSA) is 54.5 Å². The molecule has 1 N–H and O–H groups in total. The zero-order valence-electron chi connectivity index (χ0n) is 14.4. The van der Waals surface area contributed by atoms with Gasteiger partial charge in [-0.3, -0.25) is 0 Å². The number of esters is 1. The van der Waals surface area contributed by atoms with Gasteiger partial charge in [-0.1, -0.05) is 18.2 Å². The first kappa shape index (κ1) is 17.0. The SMILES string of the molecule is CCOC(=O)C=Cc1ccc(N[C@@H]2CCN(c3ccccc3)C2)nc1. The van der Waals surface area contributed by atoms with Crippen molar-refractivity contribution in [2.24, 2.45) is 0 Å². The Morgan fingerprint density at radius 1 is 1.32 bits per heavy atom. The van der Waals surface area contributed by atoms with Gasteiger partial charge in [0.2, 0.25) is 0 Å². The average Bonchev–Trinajstić information content (AvgIpc) is 3.11. The molecule has 5 heteroatoms. The first-order valence-corrected chi connectivity index (χ1v) is 8.62. The maximum Gasteiger partial charge on any atom is 0.330 e. The van der Waals surface area contributed by atoms with Gasteiger partial charge in [0.25, 0.3) is 0 Å². The van der Waals surface area contributed by atoms with Crippen molar-refractivity contribution in [2.45, 2.75) is 19.4 Å². The normalized spacial score (nSPS) is 17.0. The van der Waals surface area contributed by atoms with E-state index in [0.717, 1.165) is 30.9 Å². The number of hydrogen-bond donors (Lipinski definition) is 1. The van der Waals surface area contributed by atoms with E-state index in [2.05, 4.69) is 39.5 Å². The van der Waals surface area contributed by atoms with Crippen LogP contribution in [0.1, 0.15) is 18.9 Å². The van der Waals surface area contributed by atoms with E-state index in [9.17, 15) is 4.79 Å². The Kier molecular flexibility index (Phi) is 5.67. The lowest BCUT2D eigenvalue weighted by atomic mass is 10.2. The minimum absolute atomic E-state index is 0.336. The molecule has 0 radical (unpaired) electrons. The van der Waals surface area contributed by atoms with Crippen LogP contribution in [0, 0.1) is 0 Å². The number of pyridine rings is 1. The third kappa shape index (κ3) is 4.83. The quantitative estimate of drug-likeness (QED) is 0.647. The Hall–Kier alpha value is -2.82. The van der Waals surface area contributed by atoms with E-state index < -0.39 is 0 Å². The minimum Gasteiger partial charge on any atom is -0.463 e. The molecule has 130 valence electrons. The second-order valence-corrected chi connectivity index (χ2v) is 5.97. The molecule has 1 atom stereocenters. The number of benzene rings is 1. The van der Waals surface area contributed by atoms with E-state index in [1.165, 1.54) is 11.8 Å². The summed E-state index contributed by atoms with van der Waals surface area (Å²) in [5.41, 5.74) is 2.13. The number of ether oxygens (including phenoxy) is 1. The van der Waals surface area contributed by atoms with Gasteiger partial charge in [-0.05, 0) is 49.2 Å². The fraction of sp³-hybridized carbons (Fsp3) is 0.300. The van der Waals surface area contributed by atoms with E-state index in [-0.39, 0.29) is 5.97 Å². The molecular formula is C20H23N3O2. The van der Waals surface area contributed by atoms with Gasteiger partial charge in [0.1, 0.15) is 5.82 Å². The Bertz CT molecular complexity index is 713. The summed E-state index contributed by atoms with van der Waals surface area (Å²) in [6.07, 6.45) is 5.97. The van der Waals surface area contributed by atoms with Crippen molar-refractivity contribution in [3.05, 3.63) is 60.3 Å². The summed E-state index contributed by atoms with van der Waals surface area (Å²) < 4.78 is 4.86. The zero-order valence-corrected chi connectivity index (χ0v) is 14.4. The van der Waals surface area contributed by atoms with Crippen LogP contribution in [0.3, 0.4) is 0 Å². The van der Waals surface area contributed by atoms with Crippen molar-refractivity contribution in [1.82, 2.24) is 4.98 Å². The monoisotopic (exact) mass is 337 g/mol. The van der Waals surface area contributed by atoms with Crippen LogP contribution in [0.5, 0.6) is 0 Å². The summed E-state index contributed by atoms with van der Waals surface area (Å²) in [5, 5.41) is 3.48. The van der Waals surface area contributed by atoms with Crippen molar-refractivity contribution >= 4 is 23.6 Å². The van der Waals surface area contributed by atoms with Gasteiger partial charge in [-0.15, -0.1) is 0 Å². The molecule has 0 unspecified atom stereocenters. The fourth-order valence-electron chi connectivity index (χ4n) is 2.90. The second-order valence-electron chi connectivity index (χ2n) is 5.97. The summed E-state index contributed by atoms with van der Waals surface area (Å²) in [6, 6.07) is 14.7. The Morgan fingerprint density at radius 2 is 2.16 bits per heavy atom. The van der Waals surface area contributed by atoms with E-state index in [4.69, 9.17) is 4.74 Å². The van der Waals surface area contributed by atoms with Gasteiger partial charge < -0.3 is 15.0 Å². The number of aromatic nitrogens is 1. The Labute approximate surface area is 148 Å². The molecule has 0 aliphatic carbocycles. The van der Waals surface area contributed by atoms with Crippen molar-refractivity contribution in [2.75, 3.05) is 29.9 Å². The second kappa shape index (κ2) is 8.33. The third-order valence-corrected chi connectivity index (χ3v) is 4.15. The fourth-order valence-corrected chi connectivity index (χ4v) is 2.90. The predicted octanol–water partition coefficient (Wildman–Crippen LogP) is 3.35. The smallest absolute Gasteiger partial charge is 0.330 e. The first-order chi connectivity index (χ1) is 12.2. The number of para-hydroxylation sites is 1. The molecule has 5 nitrogen and oxygen atoms in total. The van der Waals surface area contributed by atoms with Crippen LogP contribution in [0.4, 0.5) is 11.5 Å². The largest absolute Gasteiger partial charge is 0.463 e. The van der Waals surface area contributed by atoms with E-state index >= 15 is 0 Å². The van der Waals surface area contributed by atoms with Gasteiger partial charge in [0.05, 0.1) is 6.61 Å². The lowest BCUT2D eigenvalue weighted by molar-refractivity contribution is -0.137. The molecule has 1 aromatic carbocycles. The summed E-state index contributed by atoms with van der Waals surface area (Å²) in [5.74, 6) is 0.518. The van der Waals surface area contributed by atoms with Gasteiger partial charge >= 0.3 is 5.97 Å². The molecule has 3 rings (SSSR count). The number of carbonyl (C=O) groups is 1. The highest BCUT2D eigenvalue weighted by Crippen LogP contribution is 2.21. The number of hydrogen-bond acceptors (Lipinski definition) is 5. The highest BCUT2D eigenvalue weighted by molar-refractivity contribution is 5.86. The first-order valence-electron chi connectivity index (χ1n) is 8.62. The molecule has 25 heavy (non-hydrogen) atoms. The van der Waals surface area contributed by atoms with Crippen molar-refractivity contribution in [3.63, 3.8) is 0 Å². The molecular weight excluding hydrogens is 314 g/mol. The molecule has 1 fully saturated rings. The maximum atomic E-state index is 11.3. The molecule has 1 saturated heterocycles. The lowest BCUT2D eigenvalue weighted by Crippen LogP contribution is -2.26. The predicted molar refractivity (Wildman–Crippen MR) is 101 cm³/mol. The zero-order chi connectivity index (χ0) is 17.5. The number of nitrogens with one attached hydrogen (secondary N) is 1. The van der Waals surface area contributed by atoms with Gasteiger partial charge in [0.15, 0.2) is 0 Å². The third-order valence-electron chi connectivity index (χ3n) is 4.15. The van der Waals surface area contributed by atoms with Crippen LogP contribution >= 0.6 is 0 Å². The Morgan fingerprint density at radius 3 is 2.88 bits per heavy atom. The van der Waals surface area contributed by atoms with E-state index in [1.54, 1.807) is 19.2 Å². The lowest BCUT2D eigenvalue weighted by Gasteiger charge is -2.19. The highest BCUT2D eigenvalue weighted by atomic mass is 16.5. The van der Waals surface area contributed by atoms with Crippen molar-refractivity contribution in [3.8, 4) is 0 Å². The minimum atomic E-state index is -0.336. The van der Waals surface area contributed by atoms with Gasteiger partial charge in [-0.2, -0.15) is 0 Å². The highest BCUT2D eigenvalue weighted by Gasteiger charge is 2.22. The number of anilines is 2. The molecule has 0 amide bonds. The Balaban J connectivity index is 1.53. The van der Waals surface area contributed by atoms with E-state index in [0.29, 0.717) is 12.6 Å². The van der Waals surface area contributed by atoms with E-state index in [1.807, 2.05) is 18.2 Å². The molecule has 0 saturated carbocycles. The summed E-state index contributed by atoms with van der Waals surface area (Å²) in [6.45, 7) is 4.18. The molecule has 1 aliphatic rings. The standard InChI is InChI=1S/C20H23N3O2/c1-2-25-20(24)11-9-16-8-10-19(21-14-16)22-17-12-13-23(15-17)18-6-4-3-5-7-18/h3-11,14,17H,2,12-13,15H2,1H3,(H,21,22)/t17-/m1/s1. The molecule has 2 aromatic rings. The average molecular weight is 337 g/mol. The van der Waals surface area contributed by atoms with Crippen LogP contribution in [-0.2, 0) is 9.53 Å². The molecule has 0 spiro atoms. The van der Waals surface area contributed by atoms with Crippen LogP contribution < -0.4 is 10.2 Å². The molecule has 2 heterocycles. The number of carbonyl (C=O) groups excluding carboxylic acids is 1. The summed E-state index contributed by atoms with van der Waals surface area (Å²) in [7, 11) is 0. The van der Waals surface area contributed by atoms with Gasteiger partial charge in [0, 0.05) is 37.1 Å². The van der Waals surface area contributed by atoms with Crippen LogP contribution in [-0.4, -0.2) is 36.7 Å². The number of rotatable bonds is 6.